The molecule has 152 valence electrons. The van der Waals surface area contributed by atoms with E-state index in [1.165, 1.54) is 11.3 Å². The van der Waals surface area contributed by atoms with Crippen molar-refractivity contribution < 1.29 is 9.59 Å². The van der Waals surface area contributed by atoms with Crippen molar-refractivity contribution in [1.29, 1.82) is 0 Å². The molecule has 2 amide bonds. The monoisotopic (exact) mass is 450 g/mol. The largest absolute Gasteiger partial charge is 0.354 e. The third kappa shape index (κ3) is 4.57. The first-order valence-corrected chi connectivity index (χ1v) is 11.0. The van der Waals surface area contributed by atoms with Gasteiger partial charge in [0.1, 0.15) is 4.83 Å². The summed E-state index contributed by atoms with van der Waals surface area (Å²) in [5, 5.41) is 12.4. The summed E-state index contributed by atoms with van der Waals surface area (Å²) in [5.74, 6) is 0.105. The normalized spacial score (nSPS) is 13.6. The molecule has 2 aromatic heterocycles. The molecule has 0 saturated heterocycles. The van der Waals surface area contributed by atoms with E-state index in [2.05, 4.69) is 15.7 Å². The van der Waals surface area contributed by atoms with Crippen molar-refractivity contribution >= 4 is 56.6 Å². The lowest BCUT2D eigenvalue weighted by atomic mass is 10.2. The first kappa shape index (κ1) is 20.2. The molecule has 29 heavy (non-hydrogen) atoms. The number of hydrogen-bond acceptors (Lipinski definition) is 4. The van der Waals surface area contributed by atoms with E-state index in [1.807, 2.05) is 23.7 Å². The fraction of sp³-hybridized carbons (Fsp3) is 0.350. The van der Waals surface area contributed by atoms with Crippen LogP contribution in [-0.2, 0) is 11.3 Å². The number of aromatic nitrogens is 2. The van der Waals surface area contributed by atoms with Gasteiger partial charge in [-0.1, -0.05) is 29.3 Å². The highest BCUT2D eigenvalue weighted by Crippen LogP contribution is 2.30. The molecule has 3 aromatic rings. The molecule has 4 rings (SSSR count). The van der Waals surface area contributed by atoms with E-state index in [0.29, 0.717) is 34.6 Å². The van der Waals surface area contributed by atoms with Crippen LogP contribution in [0.15, 0.2) is 24.3 Å². The van der Waals surface area contributed by atoms with Crippen molar-refractivity contribution in [3.8, 4) is 0 Å². The Labute approximate surface area is 182 Å². The fourth-order valence-electron chi connectivity index (χ4n) is 3.08. The summed E-state index contributed by atoms with van der Waals surface area (Å²) in [7, 11) is 0. The number of carbonyl (C=O) groups is 2. The zero-order valence-corrected chi connectivity index (χ0v) is 18.1. The van der Waals surface area contributed by atoms with Gasteiger partial charge in [-0.15, -0.1) is 11.3 Å². The number of hydrogen-bond donors (Lipinski definition) is 2. The lowest BCUT2D eigenvalue weighted by Crippen LogP contribution is -2.35. The molecule has 0 spiro atoms. The van der Waals surface area contributed by atoms with Crippen molar-refractivity contribution in [2.75, 3.05) is 13.1 Å². The molecular formula is C20H20Cl2N4O2S. The first-order valence-electron chi connectivity index (χ1n) is 9.39. The van der Waals surface area contributed by atoms with E-state index >= 15 is 0 Å². The molecule has 0 aliphatic heterocycles. The van der Waals surface area contributed by atoms with E-state index < -0.39 is 0 Å². The minimum atomic E-state index is -0.151. The van der Waals surface area contributed by atoms with Gasteiger partial charge in [0.15, 0.2) is 0 Å². The predicted octanol–water partition coefficient (Wildman–Crippen LogP) is 4.02. The molecular weight excluding hydrogens is 431 g/mol. The van der Waals surface area contributed by atoms with Crippen LogP contribution in [0.4, 0.5) is 0 Å². The number of rotatable bonds is 7. The highest BCUT2D eigenvalue weighted by molar-refractivity contribution is 7.20. The number of halogens is 2. The number of carbonyl (C=O) groups excluding carboxylic acids is 2. The van der Waals surface area contributed by atoms with E-state index in [4.69, 9.17) is 23.2 Å². The molecule has 0 unspecified atom stereocenters. The van der Waals surface area contributed by atoms with Crippen LogP contribution in [-0.4, -0.2) is 34.7 Å². The maximum absolute atomic E-state index is 12.5. The van der Waals surface area contributed by atoms with Crippen LogP contribution in [0.1, 0.15) is 33.8 Å². The Balaban J connectivity index is 1.43. The molecule has 1 aliphatic rings. The molecule has 0 atom stereocenters. The SMILES string of the molecule is Cc1nn(Cc2ccc(Cl)cc2Cl)c2sc(C(=O)NCCNC(=O)C3CC3)cc12. The van der Waals surface area contributed by atoms with Crippen LogP contribution in [0, 0.1) is 12.8 Å². The molecule has 1 fully saturated rings. The van der Waals surface area contributed by atoms with Gasteiger partial charge in [0.25, 0.3) is 5.91 Å². The Morgan fingerprint density at radius 1 is 1.21 bits per heavy atom. The van der Waals surface area contributed by atoms with Crippen molar-refractivity contribution in [3.63, 3.8) is 0 Å². The van der Waals surface area contributed by atoms with Crippen LogP contribution in [0.25, 0.3) is 10.2 Å². The van der Waals surface area contributed by atoms with Gasteiger partial charge in [0.05, 0.1) is 17.1 Å². The van der Waals surface area contributed by atoms with Crippen molar-refractivity contribution in [1.82, 2.24) is 20.4 Å². The Morgan fingerprint density at radius 2 is 1.97 bits per heavy atom. The third-order valence-electron chi connectivity index (χ3n) is 4.82. The zero-order chi connectivity index (χ0) is 20.5. The van der Waals surface area contributed by atoms with E-state index in [0.717, 1.165) is 34.3 Å². The van der Waals surface area contributed by atoms with Crippen molar-refractivity contribution in [2.45, 2.75) is 26.3 Å². The zero-order valence-electron chi connectivity index (χ0n) is 15.8. The second-order valence-corrected chi connectivity index (χ2v) is 9.00. The fourth-order valence-corrected chi connectivity index (χ4v) is 4.63. The number of fused-ring (bicyclic) bond motifs is 1. The van der Waals surface area contributed by atoms with E-state index in [-0.39, 0.29) is 17.7 Å². The molecule has 0 radical (unpaired) electrons. The van der Waals surface area contributed by atoms with Crippen LogP contribution in [0.3, 0.4) is 0 Å². The molecule has 1 aromatic carbocycles. The van der Waals surface area contributed by atoms with Crippen LogP contribution in [0.5, 0.6) is 0 Å². The smallest absolute Gasteiger partial charge is 0.261 e. The molecule has 9 heteroatoms. The predicted molar refractivity (Wildman–Crippen MR) is 116 cm³/mol. The van der Waals surface area contributed by atoms with Crippen LogP contribution >= 0.6 is 34.5 Å². The van der Waals surface area contributed by atoms with E-state index in [9.17, 15) is 9.59 Å². The Kier molecular flexibility index (Phi) is 5.81. The summed E-state index contributed by atoms with van der Waals surface area (Å²) in [4.78, 5) is 25.7. The van der Waals surface area contributed by atoms with Gasteiger partial charge in [-0.2, -0.15) is 5.10 Å². The lowest BCUT2D eigenvalue weighted by Gasteiger charge is -2.06. The summed E-state index contributed by atoms with van der Waals surface area (Å²) >= 11 is 13.7. The average Bonchev–Trinajstić information content (AvgIpc) is 3.37. The maximum Gasteiger partial charge on any atom is 0.261 e. The summed E-state index contributed by atoms with van der Waals surface area (Å²) in [6, 6.07) is 7.25. The standard InChI is InChI=1S/C20H20Cl2N4O2S/c1-11-15-9-17(19(28)24-7-6-23-18(27)12-2-3-12)29-20(15)26(25-11)10-13-4-5-14(21)8-16(13)22/h4-5,8-9,12H,2-3,6-7,10H2,1H3,(H,23,27)(H,24,28). The van der Waals surface area contributed by atoms with Crippen molar-refractivity contribution in [2.24, 2.45) is 5.92 Å². The quantitative estimate of drug-likeness (QED) is 0.533. The molecule has 2 heterocycles. The summed E-state index contributed by atoms with van der Waals surface area (Å²) in [6.45, 7) is 3.25. The maximum atomic E-state index is 12.5. The molecule has 6 nitrogen and oxygen atoms in total. The van der Waals surface area contributed by atoms with Gasteiger partial charge in [-0.3, -0.25) is 14.3 Å². The molecule has 1 aliphatic carbocycles. The summed E-state index contributed by atoms with van der Waals surface area (Å²) in [5.41, 5.74) is 1.77. The average molecular weight is 451 g/mol. The van der Waals surface area contributed by atoms with Crippen LogP contribution < -0.4 is 10.6 Å². The Bertz CT molecular complexity index is 1090. The van der Waals surface area contributed by atoms with E-state index in [1.54, 1.807) is 12.1 Å². The molecule has 2 N–H and O–H groups in total. The molecule has 0 bridgehead atoms. The number of nitrogens with zero attached hydrogens (tertiary/aromatic N) is 2. The Morgan fingerprint density at radius 3 is 2.69 bits per heavy atom. The second kappa shape index (κ2) is 8.34. The number of nitrogens with one attached hydrogen (secondary N) is 2. The summed E-state index contributed by atoms with van der Waals surface area (Å²) < 4.78 is 1.86. The lowest BCUT2D eigenvalue weighted by molar-refractivity contribution is -0.122. The van der Waals surface area contributed by atoms with Gasteiger partial charge < -0.3 is 10.6 Å². The third-order valence-corrected chi connectivity index (χ3v) is 6.56. The topological polar surface area (TPSA) is 76.0 Å². The number of amides is 2. The highest BCUT2D eigenvalue weighted by atomic mass is 35.5. The first-order chi connectivity index (χ1) is 13.9. The second-order valence-electron chi connectivity index (χ2n) is 7.13. The highest BCUT2D eigenvalue weighted by Gasteiger charge is 2.29. The minimum absolute atomic E-state index is 0.0812. The summed E-state index contributed by atoms with van der Waals surface area (Å²) in [6.07, 6.45) is 1.94. The van der Waals surface area contributed by atoms with Crippen molar-refractivity contribution in [3.05, 3.63) is 50.4 Å². The number of aryl methyl sites for hydroxylation is 1. The number of benzene rings is 1. The van der Waals surface area contributed by atoms with Gasteiger partial charge in [-0.05, 0) is 43.5 Å². The Hall–Kier alpha value is -2.09. The van der Waals surface area contributed by atoms with Crippen LogP contribution in [0.2, 0.25) is 10.0 Å². The van der Waals surface area contributed by atoms with Gasteiger partial charge in [0, 0.05) is 34.4 Å². The number of thiophene rings is 1. The minimum Gasteiger partial charge on any atom is -0.354 e. The van der Waals surface area contributed by atoms with Gasteiger partial charge >= 0.3 is 0 Å². The molecule has 1 saturated carbocycles. The van der Waals surface area contributed by atoms with Gasteiger partial charge in [-0.25, -0.2) is 0 Å². The van der Waals surface area contributed by atoms with Gasteiger partial charge in [0.2, 0.25) is 5.91 Å².